The van der Waals surface area contributed by atoms with Crippen LogP contribution in [0.5, 0.6) is 0 Å². The van der Waals surface area contributed by atoms with Crippen molar-refractivity contribution in [1.82, 2.24) is 19.3 Å². The van der Waals surface area contributed by atoms with E-state index in [4.69, 9.17) is 4.98 Å². The molecule has 1 aliphatic rings. The van der Waals surface area contributed by atoms with Crippen molar-refractivity contribution in [3.05, 3.63) is 52.2 Å². The van der Waals surface area contributed by atoms with E-state index in [0.717, 1.165) is 42.8 Å². The second-order valence-corrected chi connectivity index (χ2v) is 7.11. The van der Waals surface area contributed by atoms with E-state index in [1.165, 1.54) is 0 Å². The summed E-state index contributed by atoms with van der Waals surface area (Å²) in [6.45, 7) is 2.87. The van der Waals surface area contributed by atoms with E-state index in [0.29, 0.717) is 12.2 Å². The number of hydrogen-bond acceptors (Lipinski definition) is 4. The number of thiophene rings is 1. The molecule has 1 amide bonds. The van der Waals surface area contributed by atoms with Gasteiger partial charge in [0, 0.05) is 24.6 Å². The predicted octanol–water partition coefficient (Wildman–Crippen LogP) is 3.40. The summed E-state index contributed by atoms with van der Waals surface area (Å²) in [7, 11) is 0. The second-order valence-electron chi connectivity index (χ2n) is 6.33. The van der Waals surface area contributed by atoms with Crippen molar-refractivity contribution in [1.29, 1.82) is 0 Å². The van der Waals surface area contributed by atoms with Gasteiger partial charge in [-0.05, 0) is 54.6 Å². The first-order valence-corrected chi connectivity index (χ1v) is 9.28. The van der Waals surface area contributed by atoms with E-state index in [-0.39, 0.29) is 11.9 Å². The number of aromatic nitrogens is 3. The van der Waals surface area contributed by atoms with Crippen LogP contribution in [0, 0.1) is 6.92 Å². The number of carbonyl (C=O) groups excluding carboxylic acids is 1. The summed E-state index contributed by atoms with van der Waals surface area (Å²) in [6, 6.07) is 4.18. The number of piperidine rings is 1. The smallest absolute Gasteiger partial charge is 0.234 e. The molecular weight excluding hydrogens is 320 g/mol. The first-order chi connectivity index (χ1) is 11.7. The average molecular weight is 340 g/mol. The SMILES string of the molecule is Cc1cc([C@@H]2CCCCN2C(=O)Cc2ccsc2)nc2nccn12. The van der Waals surface area contributed by atoms with Crippen molar-refractivity contribution in [2.75, 3.05) is 6.54 Å². The van der Waals surface area contributed by atoms with Gasteiger partial charge >= 0.3 is 0 Å². The van der Waals surface area contributed by atoms with Gasteiger partial charge in [-0.1, -0.05) is 0 Å². The zero-order chi connectivity index (χ0) is 16.5. The number of fused-ring (bicyclic) bond motifs is 1. The zero-order valence-electron chi connectivity index (χ0n) is 13.7. The Morgan fingerprint density at radius 1 is 1.42 bits per heavy atom. The summed E-state index contributed by atoms with van der Waals surface area (Å²) in [5.74, 6) is 0.904. The van der Waals surface area contributed by atoms with Crippen molar-refractivity contribution >= 4 is 23.0 Å². The third kappa shape index (κ3) is 2.82. The first-order valence-electron chi connectivity index (χ1n) is 8.33. The van der Waals surface area contributed by atoms with Crippen LogP contribution in [0.1, 0.15) is 42.3 Å². The largest absolute Gasteiger partial charge is 0.334 e. The van der Waals surface area contributed by atoms with E-state index >= 15 is 0 Å². The number of aryl methyl sites for hydroxylation is 1. The third-order valence-corrected chi connectivity index (χ3v) is 5.42. The summed E-state index contributed by atoms with van der Waals surface area (Å²) in [4.78, 5) is 23.9. The molecule has 0 aromatic carbocycles. The van der Waals surface area contributed by atoms with Crippen LogP contribution in [0.25, 0.3) is 5.78 Å². The van der Waals surface area contributed by atoms with Crippen molar-refractivity contribution < 1.29 is 4.79 Å². The molecule has 0 N–H and O–H groups in total. The molecule has 6 heteroatoms. The highest BCUT2D eigenvalue weighted by atomic mass is 32.1. The van der Waals surface area contributed by atoms with Crippen LogP contribution in [0.3, 0.4) is 0 Å². The van der Waals surface area contributed by atoms with Gasteiger partial charge in [0.15, 0.2) is 0 Å². The van der Waals surface area contributed by atoms with Gasteiger partial charge < -0.3 is 4.90 Å². The maximum atomic E-state index is 12.8. The average Bonchev–Trinajstić information content (AvgIpc) is 3.26. The fourth-order valence-electron chi connectivity index (χ4n) is 3.46. The summed E-state index contributed by atoms with van der Waals surface area (Å²) < 4.78 is 1.98. The Morgan fingerprint density at radius 2 is 2.33 bits per heavy atom. The minimum atomic E-state index is 0.0604. The van der Waals surface area contributed by atoms with Crippen molar-refractivity contribution in [2.24, 2.45) is 0 Å². The highest BCUT2D eigenvalue weighted by molar-refractivity contribution is 7.08. The normalized spacial score (nSPS) is 18.2. The maximum absolute atomic E-state index is 12.8. The van der Waals surface area contributed by atoms with Crippen LogP contribution in [0.2, 0.25) is 0 Å². The lowest BCUT2D eigenvalue weighted by Gasteiger charge is -2.35. The Morgan fingerprint density at radius 3 is 3.17 bits per heavy atom. The van der Waals surface area contributed by atoms with Crippen LogP contribution in [0.15, 0.2) is 35.3 Å². The molecule has 1 saturated heterocycles. The Hall–Kier alpha value is -2.21. The van der Waals surface area contributed by atoms with E-state index in [1.807, 2.05) is 26.9 Å². The molecule has 0 unspecified atom stereocenters. The summed E-state index contributed by atoms with van der Waals surface area (Å²) in [6.07, 6.45) is 7.33. The van der Waals surface area contributed by atoms with Gasteiger partial charge in [0.05, 0.1) is 18.2 Å². The Balaban J connectivity index is 1.64. The lowest BCUT2D eigenvalue weighted by molar-refractivity contribution is -0.134. The Bertz CT molecular complexity index is 855. The van der Waals surface area contributed by atoms with Crippen LogP contribution in [-0.2, 0) is 11.2 Å². The first kappa shape index (κ1) is 15.3. The molecule has 3 aromatic rings. The minimum Gasteiger partial charge on any atom is -0.334 e. The molecule has 124 valence electrons. The van der Waals surface area contributed by atoms with E-state index in [9.17, 15) is 4.79 Å². The lowest BCUT2D eigenvalue weighted by Crippen LogP contribution is -2.39. The number of rotatable bonds is 3. The number of imidazole rings is 1. The number of carbonyl (C=O) groups is 1. The van der Waals surface area contributed by atoms with Crippen LogP contribution >= 0.6 is 11.3 Å². The molecule has 4 heterocycles. The molecule has 1 fully saturated rings. The Labute approximate surface area is 145 Å². The number of nitrogens with zero attached hydrogens (tertiary/aromatic N) is 4. The van der Waals surface area contributed by atoms with Gasteiger partial charge in [-0.15, -0.1) is 0 Å². The molecule has 4 rings (SSSR count). The van der Waals surface area contributed by atoms with E-state index in [2.05, 4.69) is 23.4 Å². The molecule has 1 aliphatic heterocycles. The predicted molar refractivity (Wildman–Crippen MR) is 94.1 cm³/mol. The molecule has 1 atom stereocenters. The molecule has 0 bridgehead atoms. The zero-order valence-corrected chi connectivity index (χ0v) is 14.5. The lowest BCUT2D eigenvalue weighted by atomic mass is 9.98. The standard InChI is InChI=1S/C18H20N4OS/c1-13-10-15(20-18-19-6-8-21(13)18)16-4-2-3-7-22(16)17(23)11-14-5-9-24-12-14/h5-6,8-10,12,16H,2-4,7,11H2,1H3/t16-/m0/s1. The molecule has 3 aromatic heterocycles. The van der Waals surface area contributed by atoms with Crippen LogP contribution < -0.4 is 0 Å². The van der Waals surface area contributed by atoms with Crippen LogP contribution in [0.4, 0.5) is 0 Å². The molecule has 0 spiro atoms. The molecule has 0 saturated carbocycles. The van der Waals surface area contributed by atoms with Gasteiger partial charge in [-0.25, -0.2) is 9.97 Å². The highest BCUT2D eigenvalue weighted by Gasteiger charge is 2.29. The van der Waals surface area contributed by atoms with Gasteiger partial charge in [0.25, 0.3) is 0 Å². The van der Waals surface area contributed by atoms with Crippen molar-refractivity contribution in [3.63, 3.8) is 0 Å². The molecule has 0 radical (unpaired) electrons. The summed E-state index contributed by atoms with van der Waals surface area (Å²) in [5, 5.41) is 4.07. The minimum absolute atomic E-state index is 0.0604. The summed E-state index contributed by atoms with van der Waals surface area (Å²) in [5.41, 5.74) is 3.16. The molecule has 5 nitrogen and oxygen atoms in total. The van der Waals surface area contributed by atoms with Crippen molar-refractivity contribution in [2.45, 2.75) is 38.6 Å². The van der Waals surface area contributed by atoms with Gasteiger partial charge in [-0.3, -0.25) is 9.20 Å². The van der Waals surface area contributed by atoms with Crippen molar-refractivity contribution in [3.8, 4) is 0 Å². The Kier molecular flexibility index (Phi) is 4.06. The second kappa shape index (κ2) is 6.36. The number of hydrogen-bond donors (Lipinski definition) is 0. The van der Waals surface area contributed by atoms with E-state index < -0.39 is 0 Å². The quantitative estimate of drug-likeness (QED) is 0.734. The fourth-order valence-corrected chi connectivity index (χ4v) is 4.13. The summed E-state index contributed by atoms with van der Waals surface area (Å²) >= 11 is 1.64. The van der Waals surface area contributed by atoms with Gasteiger partial charge in [-0.2, -0.15) is 11.3 Å². The van der Waals surface area contributed by atoms with Crippen LogP contribution in [-0.4, -0.2) is 31.7 Å². The molecular formula is C18H20N4OS. The molecule has 24 heavy (non-hydrogen) atoms. The number of likely N-dealkylation sites (tertiary alicyclic amines) is 1. The number of amides is 1. The molecule has 0 aliphatic carbocycles. The van der Waals surface area contributed by atoms with E-state index in [1.54, 1.807) is 17.5 Å². The van der Waals surface area contributed by atoms with Gasteiger partial charge in [0.1, 0.15) is 0 Å². The highest BCUT2D eigenvalue weighted by Crippen LogP contribution is 2.31. The maximum Gasteiger partial charge on any atom is 0.234 e. The monoisotopic (exact) mass is 340 g/mol. The topological polar surface area (TPSA) is 50.5 Å². The van der Waals surface area contributed by atoms with Gasteiger partial charge in [0.2, 0.25) is 11.7 Å². The third-order valence-electron chi connectivity index (χ3n) is 4.69. The fraction of sp³-hybridized carbons (Fsp3) is 0.389.